The minimum atomic E-state index is -3.91. The molecule has 182 valence electrons. The van der Waals surface area contributed by atoms with Gasteiger partial charge in [-0.1, -0.05) is 62.2 Å². The third kappa shape index (κ3) is 6.40. The molecular formula is C25H27Br2NO5S. The molecule has 9 heteroatoms. The topological polar surface area (TPSA) is 76.1 Å². The molecule has 0 aliphatic carbocycles. The molecule has 0 spiro atoms. The summed E-state index contributed by atoms with van der Waals surface area (Å²) < 4.78 is 40.8. The SMILES string of the molecule is COc1ccc(CN(Cc2ccc(OC)cc2)S(=O)(=O)[C@H](C)[C@H](O)c2ccc(Br)cc2Br)cc1. The number of aliphatic hydroxyl groups excluding tert-OH is 1. The van der Waals surface area contributed by atoms with Crippen molar-refractivity contribution in [1.29, 1.82) is 0 Å². The van der Waals surface area contributed by atoms with Gasteiger partial charge in [-0.3, -0.25) is 0 Å². The van der Waals surface area contributed by atoms with E-state index in [1.165, 1.54) is 11.2 Å². The fourth-order valence-electron chi connectivity index (χ4n) is 3.50. The van der Waals surface area contributed by atoms with E-state index in [-0.39, 0.29) is 13.1 Å². The molecule has 0 heterocycles. The van der Waals surface area contributed by atoms with Gasteiger partial charge >= 0.3 is 0 Å². The Labute approximate surface area is 217 Å². The molecule has 0 saturated carbocycles. The van der Waals surface area contributed by atoms with Gasteiger partial charge in [-0.25, -0.2) is 8.42 Å². The van der Waals surface area contributed by atoms with E-state index in [4.69, 9.17) is 9.47 Å². The first kappa shape index (κ1) is 26.7. The number of benzene rings is 3. The molecule has 0 aromatic heterocycles. The van der Waals surface area contributed by atoms with Crippen molar-refractivity contribution in [2.24, 2.45) is 0 Å². The lowest BCUT2D eigenvalue weighted by Crippen LogP contribution is -2.39. The Morgan fingerprint density at radius 1 is 0.853 bits per heavy atom. The zero-order chi connectivity index (χ0) is 24.9. The Bertz CT molecular complexity index is 1150. The maximum atomic E-state index is 13.8. The molecule has 3 rings (SSSR count). The molecule has 1 N–H and O–H groups in total. The van der Waals surface area contributed by atoms with Crippen molar-refractivity contribution in [3.05, 3.63) is 92.4 Å². The summed E-state index contributed by atoms with van der Waals surface area (Å²) in [5.41, 5.74) is 2.13. The quantitative estimate of drug-likeness (QED) is 0.319. The summed E-state index contributed by atoms with van der Waals surface area (Å²) in [6, 6.07) is 19.8. The maximum absolute atomic E-state index is 13.8. The van der Waals surface area contributed by atoms with E-state index < -0.39 is 21.4 Å². The van der Waals surface area contributed by atoms with Gasteiger partial charge in [-0.05, 0) is 60.0 Å². The molecule has 0 aliphatic heterocycles. The summed E-state index contributed by atoms with van der Waals surface area (Å²) >= 11 is 6.82. The molecule has 0 amide bonds. The fraction of sp³-hybridized carbons (Fsp3) is 0.280. The molecular weight excluding hydrogens is 586 g/mol. The van der Waals surface area contributed by atoms with Gasteiger partial charge in [-0.2, -0.15) is 4.31 Å². The van der Waals surface area contributed by atoms with E-state index in [0.717, 1.165) is 15.6 Å². The third-order valence-electron chi connectivity index (χ3n) is 5.59. The molecule has 0 bridgehead atoms. The molecule has 0 saturated heterocycles. The van der Waals surface area contributed by atoms with Crippen LogP contribution in [0.3, 0.4) is 0 Å². The van der Waals surface area contributed by atoms with E-state index in [1.807, 2.05) is 24.3 Å². The number of hydrogen-bond acceptors (Lipinski definition) is 5. The predicted molar refractivity (Wildman–Crippen MR) is 140 cm³/mol. The van der Waals surface area contributed by atoms with Crippen LogP contribution in [0.15, 0.2) is 75.7 Å². The number of ether oxygens (including phenoxy) is 2. The van der Waals surface area contributed by atoms with Gasteiger partial charge in [0.15, 0.2) is 0 Å². The fourth-order valence-corrected chi connectivity index (χ4v) is 6.38. The largest absolute Gasteiger partial charge is 0.497 e. The first-order valence-corrected chi connectivity index (χ1v) is 13.6. The average molecular weight is 613 g/mol. The van der Waals surface area contributed by atoms with E-state index in [2.05, 4.69) is 31.9 Å². The number of methoxy groups -OCH3 is 2. The second-order valence-corrected chi connectivity index (χ2v) is 11.9. The van der Waals surface area contributed by atoms with Crippen molar-refractivity contribution in [3.8, 4) is 11.5 Å². The molecule has 2 atom stereocenters. The standard InChI is InChI=1S/C25H27Br2NO5S/c1-17(25(29)23-13-8-20(26)14-24(23)27)34(30,31)28(15-18-4-9-21(32-2)10-5-18)16-19-6-11-22(33-3)12-7-19/h4-14,17,25,29H,15-16H2,1-3H3/t17-,25+/m1/s1. The van der Waals surface area contributed by atoms with Gasteiger partial charge in [0.1, 0.15) is 16.7 Å². The van der Waals surface area contributed by atoms with Gasteiger partial charge in [0.05, 0.1) is 20.3 Å². The highest BCUT2D eigenvalue weighted by molar-refractivity contribution is 9.11. The van der Waals surface area contributed by atoms with Gasteiger partial charge in [0, 0.05) is 22.0 Å². The number of halogens is 2. The molecule has 3 aromatic rings. The smallest absolute Gasteiger partial charge is 0.220 e. The van der Waals surface area contributed by atoms with Gasteiger partial charge in [0.2, 0.25) is 10.0 Å². The Hall–Kier alpha value is -1.91. The Balaban J connectivity index is 1.93. The van der Waals surface area contributed by atoms with Crippen molar-refractivity contribution in [1.82, 2.24) is 4.31 Å². The Kier molecular flexibility index (Phi) is 9.17. The van der Waals surface area contributed by atoms with E-state index in [0.29, 0.717) is 21.5 Å². The van der Waals surface area contributed by atoms with Crippen LogP contribution < -0.4 is 9.47 Å². The maximum Gasteiger partial charge on any atom is 0.220 e. The molecule has 0 unspecified atom stereocenters. The monoisotopic (exact) mass is 611 g/mol. The summed E-state index contributed by atoms with van der Waals surface area (Å²) in [6.07, 6.45) is -1.22. The number of rotatable bonds is 10. The summed E-state index contributed by atoms with van der Waals surface area (Å²) in [5, 5.41) is 9.95. The molecule has 0 radical (unpaired) electrons. The summed E-state index contributed by atoms with van der Waals surface area (Å²) in [7, 11) is -0.751. The highest BCUT2D eigenvalue weighted by Crippen LogP contribution is 2.33. The summed E-state index contributed by atoms with van der Waals surface area (Å²) in [6.45, 7) is 1.83. The molecule has 3 aromatic carbocycles. The van der Waals surface area contributed by atoms with Crippen molar-refractivity contribution >= 4 is 41.9 Å². The Morgan fingerprint density at radius 3 is 1.74 bits per heavy atom. The van der Waals surface area contributed by atoms with Crippen LogP contribution in [-0.4, -0.2) is 37.3 Å². The lowest BCUT2D eigenvalue weighted by Gasteiger charge is -2.29. The minimum Gasteiger partial charge on any atom is -0.497 e. The number of sulfonamides is 1. The zero-order valence-corrected chi connectivity index (χ0v) is 23.1. The van der Waals surface area contributed by atoms with Crippen molar-refractivity contribution < 1.29 is 23.0 Å². The number of nitrogens with zero attached hydrogens (tertiary/aromatic N) is 1. The van der Waals surface area contributed by atoms with Crippen LogP contribution in [0.4, 0.5) is 0 Å². The van der Waals surface area contributed by atoms with Gasteiger partial charge < -0.3 is 14.6 Å². The summed E-state index contributed by atoms with van der Waals surface area (Å²) in [5.74, 6) is 1.38. The third-order valence-corrected chi connectivity index (χ3v) is 8.95. The zero-order valence-electron chi connectivity index (χ0n) is 19.1. The molecule has 0 fully saturated rings. The second-order valence-electron chi connectivity index (χ2n) is 7.82. The van der Waals surface area contributed by atoms with Crippen LogP contribution in [0.25, 0.3) is 0 Å². The lowest BCUT2D eigenvalue weighted by atomic mass is 10.1. The van der Waals surface area contributed by atoms with E-state index in [1.54, 1.807) is 56.7 Å². The van der Waals surface area contributed by atoms with E-state index in [9.17, 15) is 13.5 Å². The average Bonchev–Trinajstić information content (AvgIpc) is 2.83. The van der Waals surface area contributed by atoms with Gasteiger partial charge in [0.25, 0.3) is 0 Å². The lowest BCUT2D eigenvalue weighted by molar-refractivity contribution is 0.171. The van der Waals surface area contributed by atoms with Crippen LogP contribution in [0.5, 0.6) is 11.5 Å². The van der Waals surface area contributed by atoms with Crippen LogP contribution in [0, 0.1) is 0 Å². The second kappa shape index (κ2) is 11.7. The number of hydrogen-bond donors (Lipinski definition) is 1. The predicted octanol–water partition coefficient (Wildman–Crippen LogP) is 5.68. The number of aliphatic hydroxyl groups is 1. The highest BCUT2D eigenvalue weighted by Gasteiger charge is 2.35. The van der Waals surface area contributed by atoms with Crippen LogP contribution in [0.2, 0.25) is 0 Å². The normalized spacial score (nSPS) is 13.5. The Morgan fingerprint density at radius 2 is 1.32 bits per heavy atom. The molecule has 6 nitrogen and oxygen atoms in total. The van der Waals surface area contributed by atoms with Crippen LogP contribution >= 0.6 is 31.9 Å². The first-order valence-electron chi connectivity index (χ1n) is 10.5. The molecule has 0 aliphatic rings. The van der Waals surface area contributed by atoms with Crippen molar-refractivity contribution in [3.63, 3.8) is 0 Å². The van der Waals surface area contributed by atoms with Gasteiger partial charge in [-0.15, -0.1) is 0 Å². The van der Waals surface area contributed by atoms with Crippen LogP contribution in [0.1, 0.15) is 29.7 Å². The van der Waals surface area contributed by atoms with Crippen LogP contribution in [-0.2, 0) is 23.1 Å². The van der Waals surface area contributed by atoms with Crippen molar-refractivity contribution in [2.45, 2.75) is 31.4 Å². The summed E-state index contributed by atoms with van der Waals surface area (Å²) in [4.78, 5) is 0. The first-order chi connectivity index (χ1) is 16.1. The van der Waals surface area contributed by atoms with Crippen molar-refractivity contribution in [2.75, 3.05) is 14.2 Å². The highest BCUT2D eigenvalue weighted by atomic mass is 79.9. The minimum absolute atomic E-state index is 0.150. The van der Waals surface area contributed by atoms with E-state index >= 15 is 0 Å². The molecule has 34 heavy (non-hydrogen) atoms.